The molecule has 0 amide bonds. The topological polar surface area (TPSA) is 0 Å². The van der Waals surface area contributed by atoms with E-state index in [4.69, 9.17) is 0 Å². The van der Waals surface area contributed by atoms with Crippen molar-refractivity contribution in [1.29, 1.82) is 0 Å². The highest BCUT2D eigenvalue weighted by molar-refractivity contribution is 9.09. The van der Waals surface area contributed by atoms with E-state index in [-0.39, 0.29) is 9.65 Å². The van der Waals surface area contributed by atoms with Crippen molar-refractivity contribution in [2.45, 2.75) is 9.65 Å². The van der Waals surface area contributed by atoms with E-state index in [1.54, 1.807) is 0 Å². The highest BCUT2D eigenvalue weighted by Crippen LogP contribution is 2.34. The van der Waals surface area contributed by atoms with Crippen molar-refractivity contribution in [3.05, 3.63) is 107 Å². The van der Waals surface area contributed by atoms with Gasteiger partial charge in [0.2, 0.25) is 0 Å². The van der Waals surface area contributed by atoms with Crippen LogP contribution in [0.25, 0.3) is 0 Å². The number of halogens is 2. The molecule has 22 heavy (non-hydrogen) atoms. The molecule has 0 radical (unpaired) electrons. The van der Waals surface area contributed by atoms with Gasteiger partial charge in [-0.1, -0.05) is 117 Å². The molecule has 2 atom stereocenters. The Morgan fingerprint density at radius 2 is 0.682 bits per heavy atom. The van der Waals surface area contributed by atoms with Gasteiger partial charge in [0.25, 0.3) is 0 Å². The molecule has 3 aromatic carbocycles. The minimum atomic E-state index is 0.230. The van der Waals surface area contributed by atoms with Gasteiger partial charge in [-0.15, -0.1) is 0 Å². The van der Waals surface area contributed by atoms with Crippen molar-refractivity contribution in [2.75, 3.05) is 0 Å². The first-order valence-electron chi connectivity index (χ1n) is 7.23. The van der Waals surface area contributed by atoms with Gasteiger partial charge in [0, 0.05) is 0 Å². The smallest absolute Gasteiger partial charge is 0.0644 e. The Morgan fingerprint density at radius 1 is 0.409 bits per heavy atom. The summed E-state index contributed by atoms with van der Waals surface area (Å²) in [6.07, 6.45) is 0. The van der Waals surface area contributed by atoms with Crippen molar-refractivity contribution < 1.29 is 0 Å². The van der Waals surface area contributed by atoms with Crippen LogP contribution < -0.4 is 0 Å². The third-order valence-corrected chi connectivity index (χ3v) is 5.82. The van der Waals surface area contributed by atoms with E-state index in [0.717, 1.165) is 0 Å². The largest absolute Gasteiger partial charge is 0.0786 e. The molecule has 0 bridgehead atoms. The molecule has 0 heterocycles. The maximum absolute atomic E-state index is 3.79. The van der Waals surface area contributed by atoms with Crippen LogP contribution in [0.3, 0.4) is 0 Å². The van der Waals surface area contributed by atoms with Gasteiger partial charge in [-0.3, -0.25) is 0 Å². The number of alkyl halides is 2. The van der Waals surface area contributed by atoms with Crippen molar-refractivity contribution >= 4 is 31.9 Å². The molecule has 0 aliphatic carbocycles. The molecule has 2 heteroatoms. The Balaban J connectivity index is 1.81. The molecule has 0 aliphatic heterocycles. The summed E-state index contributed by atoms with van der Waals surface area (Å²) in [5, 5.41) is 0. The molecular weight excluding hydrogens is 400 g/mol. The molecule has 0 spiro atoms. The van der Waals surface area contributed by atoms with E-state index >= 15 is 0 Å². The van der Waals surface area contributed by atoms with Crippen LogP contribution in [-0.2, 0) is 0 Å². The molecule has 0 aromatic heterocycles. The zero-order valence-corrected chi connectivity index (χ0v) is 15.2. The van der Waals surface area contributed by atoms with Gasteiger partial charge in [-0.25, -0.2) is 0 Å². The molecule has 0 saturated heterocycles. The quantitative estimate of drug-likeness (QED) is 0.418. The van der Waals surface area contributed by atoms with E-state index < -0.39 is 0 Å². The van der Waals surface area contributed by atoms with Gasteiger partial charge in [-0.05, 0) is 22.3 Å². The Morgan fingerprint density at radius 3 is 1.00 bits per heavy atom. The molecule has 0 saturated carbocycles. The summed E-state index contributed by atoms with van der Waals surface area (Å²) in [5.74, 6) is 0. The van der Waals surface area contributed by atoms with E-state index in [0.29, 0.717) is 0 Å². The van der Waals surface area contributed by atoms with E-state index in [2.05, 4.69) is 105 Å². The van der Waals surface area contributed by atoms with Crippen LogP contribution in [0.5, 0.6) is 0 Å². The number of benzene rings is 3. The van der Waals surface area contributed by atoms with Crippen LogP contribution >= 0.6 is 31.9 Å². The molecule has 0 N–H and O–H groups in total. The first-order chi connectivity index (χ1) is 10.8. The van der Waals surface area contributed by atoms with Gasteiger partial charge in [0.1, 0.15) is 0 Å². The highest BCUT2D eigenvalue weighted by Gasteiger charge is 2.13. The van der Waals surface area contributed by atoms with Crippen LogP contribution in [0.4, 0.5) is 0 Å². The average Bonchev–Trinajstić information content (AvgIpc) is 2.62. The molecule has 0 fully saturated rings. The van der Waals surface area contributed by atoms with Gasteiger partial charge in [0.05, 0.1) is 9.65 Å². The lowest BCUT2D eigenvalue weighted by atomic mass is 10.0. The highest BCUT2D eigenvalue weighted by atomic mass is 79.9. The van der Waals surface area contributed by atoms with E-state index in [1.807, 2.05) is 12.1 Å². The second kappa shape index (κ2) is 7.26. The number of hydrogen-bond donors (Lipinski definition) is 0. The normalized spacial score (nSPS) is 13.5. The van der Waals surface area contributed by atoms with Crippen LogP contribution in [-0.4, -0.2) is 0 Å². The summed E-state index contributed by atoms with van der Waals surface area (Å²) in [4.78, 5) is 0.460. The molecular formula is C20H16Br2. The van der Waals surface area contributed by atoms with Crippen LogP contribution in [0.2, 0.25) is 0 Å². The summed E-state index contributed by atoms with van der Waals surface area (Å²) in [7, 11) is 0. The average molecular weight is 416 g/mol. The zero-order valence-electron chi connectivity index (χ0n) is 12.0. The molecule has 3 rings (SSSR count). The standard InChI is InChI=1S/C20H16Br2/c21-19(15-7-3-1-4-8-15)17-11-13-18(14-12-17)20(22)16-9-5-2-6-10-16/h1-14,19-20H. The first kappa shape index (κ1) is 15.5. The van der Waals surface area contributed by atoms with Crippen LogP contribution in [0.1, 0.15) is 31.9 Å². The van der Waals surface area contributed by atoms with Crippen molar-refractivity contribution in [1.82, 2.24) is 0 Å². The van der Waals surface area contributed by atoms with Crippen molar-refractivity contribution in [3.63, 3.8) is 0 Å². The molecule has 0 nitrogen and oxygen atoms in total. The summed E-state index contributed by atoms with van der Waals surface area (Å²) < 4.78 is 0. The van der Waals surface area contributed by atoms with Crippen LogP contribution in [0.15, 0.2) is 84.9 Å². The maximum Gasteiger partial charge on any atom is 0.0644 e. The Labute approximate surface area is 148 Å². The lowest BCUT2D eigenvalue weighted by Gasteiger charge is -2.14. The monoisotopic (exact) mass is 414 g/mol. The fraction of sp³-hybridized carbons (Fsp3) is 0.100. The summed E-state index contributed by atoms with van der Waals surface area (Å²) in [6.45, 7) is 0. The number of rotatable bonds is 4. The SMILES string of the molecule is BrC(c1ccccc1)c1ccc(C(Br)c2ccccc2)cc1. The van der Waals surface area contributed by atoms with Gasteiger partial charge >= 0.3 is 0 Å². The second-order valence-corrected chi connectivity index (χ2v) is 7.04. The van der Waals surface area contributed by atoms with Gasteiger partial charge in [0.15, 0.2) is 0 Å². The van der Waals surface area contributed by atoms with Crippen LogP contribution in [0, 0.1) is 0 Å². The lowest BCUT2D eigenvalue weighted by Crippen LogP contribution is -1.95. The fourth-order valence-electron chi connectivity index (χ4n) is 2.46. The van der Waals surface area contributed by atoms with Gasteiger partial charge in [-0.2, -0.15) is 0 Å². The van der Waals surface area contributed by atoms with E-state index in [1.165, 1.54) is 22.3 Å². The summed E-state index contributed by atoms with van der Waals surface area (Å²) in [6, 6.07) is 29.7. The molecule has 2 unspecified atom stereocenters. The fourth-order valence-corrected chi connectivity index (χ4v) is 3.68. The van der Waals surface area contributed by atoms with E-state index in [9.17, 15) is 0 Å². The van der Waals surface area contributed by atoms with Crippen molar-refractivity contribution in [2.24, 2.45) is 0 Å². The molecule has 3 aromatic rings. The minimum absolute atomic E-state index is 0.230. The summed E-state index contributed by atoms with van der Waals surface area (Å²) in [5.41, 5.74) is 5.08. The van der Waals surface area contributed by atoms with Gasteiger partial charge < -0.3 is 0 Å². The predicted molar refractivity (Wildman–Crippen MR) is 101 cm³/mol. The first-order valence-corrected chi connectivity index (χ1v) is 9.07. The second-order valence-electron chi connectivity index (χ2n) is 5.21. The minimum Gasteiger partial charge on any atom is -0.0786 e. The Hall–Kier alpha value is -1.38. The Bertz CT molecular complexity index is 641. The third-order valence-electron chi connectivity index (χ3n) is 3.71. The maximum atomic E-state index is 3.79. The third kappa shape index (κ3) is 3.50. The Kier molecular flexibility index (Phi) is 5.12. The van der Waals surface area contributed by atoms with Crippen molar-refractivity contribution in [3.8, 4) is 0 Å². The lowest BCUT2D eigenvalue weighted by molar-refractivity contribution is 1.14. The summed E-state index contributed by atoms with van der Waals surface area (Å²) >= 11 is 7.58. The molecule has 0 aliphatic rings. The molecule has 110 valence electrons. The zero-order chi connectivity index (χ0) is 15.4. The number of hydrogen-bond acceptors (Lipinski definition) is 0. The predicted octanol–water partition coefficient (Wildman–Crippen LogP) is 6.66.